The molecule has 0 radical (unpaired) electrons. The number of carbonyl (C=O) groups excluding carboxylic acids is 1. The number of aliphatic hydroxyl groups excluding tert-OH is 1. The van der Waals surface area contributed by atoms with E-state index >= 15 is 0 Å². The number of aliphatic hydroxyl groups is 1. The molecular weight excluding hydrogens is 358 g/mol. The monoisotopic (exact) mass is 377 g/mol. The fourth-order valence-corrected chi connectivity index (χ4v) is 3.22. The van der Waals surface area contributed by atoms with E-state index in [0.717, 1.165) is 16.7 Å². The van der Waals surface area contributed by atoms with E-state index in [4.69, 9.17) is 30.9 Å². The highest BCUT2D eigenvalue weighted by Gasteiger charge is 2.23. The van der Waals surface area contributed by atoms with E-state index in [1.54, 1.807) is 25.2 Å². The van der Waals surface area contributed by atoms with Crippen LogP contribution in [0.5, 0.6) is 17.2 Å². The van der Waals surface area contributed by atoms with Gasteiger partial charge < -0.3 is 24.2 Å². The molecule has 138 valence electrons. The average Bonchev–Trinajstić information content (AvgIpc) is 2.88. The van der Waals surface area contributed by atoms with Crippen LogP contribution in [0, 0.1) is 0 Å². The first-order valence-corrected chi connectivity index (χ1v) is 8.51. The highest BCUT2D eigenvalue weighted by atomic mass is 35.5. The summed E-state index contributed by atoms with van der Waals surface area (Å²) in [6.45, 7) is 0.548. The van der Waals surface area contributed by atoms with Crippen LogP contribution in [0.1, 0.15) is 5.56 Å². The normalized spacial score (nSPS) is 13.5. The molecule has 0 saturated carbocycles. The Bertz CT molecular complexity index is 824. The molecule has 1 aliphatic rings. The lowest BCUT2D eigenvalue weighted by Crippen LogP contribution is -2.34. The molecule has 1 amide bonds. The smallest absolute Gasteiger partial charge is 0.248 e. The molecule has 1 N–H and O–H groups in total. The third-order valence-electron chi connectivity index (χ3n) is 4.29. The summed E-state index contributed by atoms with van der Waals surface area (Å²) >= 11 is 6.24. The molecule has 6 nitrogen and oxygen atoms in total. The molecule has 0 aliphatic carbocycles. The van der Waals surface area contributed by atoms with E-state index in [2.05, 4.69) is 0 Å². The second-order valence-electron chi connectivity index (χ2n) is 5.84. The van der Waals surface area contributed by atoms with Crippen molar-refractivity contribution in [3.05, 3.63) is 40.9 Å². The maximum absolute atomic E-state index is 11.9. The summed E-state index contributed by atoms with van der Waals surface area (Å²) in [5.41, 5.74) is 2.58. The third kappa shape index (κ3) is 3.57. The van der Waals surface area contributed by atoms with Crippen molar-refractivity contribution in [2.75, 3.05) is 34.0 Å². The largest absolute Gasteiger partial charge is 0.495 e. The van der Waals surface area contributed by atoms with Crippen molar-refractivity contribution in [1.29, 1.82) is 0 Å². The summed E-state index contributed by atoms with van der Waals surface area (Å²) in [6.07, 6.45) is 0. The molecular formula is C19H20ClNO5. The van der Waals surface area contributed by atoms with Crippen molar-refractivity contribution in [3.8, 4) is 28.4 Å². The van der Waals surface area contributed by atoms with Gasteiger partial charge in [-0.25, -0.2) is 0 Å². The van der Waals surface area contributed by atoms with Crippen LogP contribution >= 0.6 is 11.6 Å². The minimum absolute atomic E-state index is 0.335. The minimum Gasteiger partial charge on any atom is -0.495 e. The fraction of sp³-hybridized carbons (Fsp3) is 0.316. The summed E-state index contributed by atoms with van der Waals surface area (Å²) < 4.78 is 16.5. The first kappa shape index (κ1) is 18.4. The van der Waals surface area contributed by atoms with Gasteiger partial charge in [0.15, 0.2) is 11.5 Å². The number of methoxy groups -OCH3 is 2. The summed E-state index contributed by atoms with van der Waals surface area (Å²) in [5, 5.41) is 9.66. The van der Waals surface area contributed by atoms with Crippen LogP contribution in [-0.4, -0.2) is 49.9 Å². The standard InChI is InChI=1S/C19H20ClNO5/c1-24-16-4-3-12(8-15(16)20)13-7-14-10-21(18(23)11-22)5-6-26-19(14)17(9-13)25-2/h3-4,7-9,22H,5-6,10-11H2,1-2H3. The van der Waals surface area contributed by atoms with Gasteiger partial charge in [-0.2, -0.15) is 0 Å². The molecule has 2 aromatic rings. The number of fused-ring (bicyclic) bond motifs is 1. The van der Waals surface area contributed by atoms with Crippen molar-refractivity contribution in [2.24, 2.45) is 0 Å². The molecule has 0 aromatic heterocycles. The predicted octanol–water partition coefficient (Wildman–Crippen LogP) is 2.74. The highest BCUT2D eigenvalue weighted by Crippen LogP contribution is 2.39. The van der Waals surface area contributed by atoms with Gasteiger partial charge in [-0.05, 0) is 35.4 Å². The zero-order valence-corrected chi connectivity index (χ0v) is 15.4. The SMILES string of the molecule is COc1ccc(-c2cc3c(c(OC)c2)OCCN(C(=O)CO)C3)cc1Cl. The summed E-state index contributed by atoms with van der Waals surface area (Å²) in [7, 11) is 3.14. The van der Waals surface area contributed by atoms with Gasteiger partial charge in [-0.1, -0.05) is 17.7 Å². The lowest BCUT2D eigenvalue weighted by molar-refractivity contribution is -0.134. The second kappa shape index (κ2) is 7.85. The number of hydrogen-bond donors (Lipinski definition) is 1. The molecule has 0 atom stereocenters. The molecule has 0 saturated heterocycles. The summed E-state index contributed by atoms with van der Waals surface area (Å²) in [5.74, 6) is 1.46. The number of halogens is 1. The van der Waals surface area contributed by atoms with Gasteiger partial charge in [-0.3, -0.25) is 4.79 Å². The molecule has 7 heteroatoms. The molecule has 0 bridgehead atoms. The molecule has 1 aliphatic heterocycles. The van der Waals surface area contributed by atoms with E-state index in [0.29, 0.717) is 42.0 Å². The quantitative estimate of drug-likeness (QED) is 0.887. The lowest BCUT2D eigenvalue weighted by Gasteiger charge is -2.19. The van der Waals surface area contributed by atoms with Crippen molar-refractivity contribution in [1.82, 2.24) is 4.90 Å². The third-order valence-corrected chi connectivity index (χ3v) is 4.59. The van der Waals surface area contributed by atoms with Crippen LogP contribution in [0.15, 0.2) is 30.3 Å². The van der Waals surface area contributed by atoms with Crippen molar-refractivity contribution >= 4 is 17.5 Å². The molecule has 1 heterocycles. The average molecular weight is 378 g/mol. The number of hydrogen-bond acceptors (Lipinski definition) is 5. The summed E-state index contributed by atoms with van der Waals surface area (Å²) in [6, 6.07) is 9.34. The summed E-state index contributed by atoms with van der Waals surface area (Å²) in [4.78, 5) is 13.5. The van der Waals surface area contributed by atoms with Crippen LogP contribution in [0.25, 0.3) is 11.1 Å². The molecule has 0 fully saturated rings. The fourth-order valence-electron chi connectivity index (χ4n) is 2.96. The van der Waals surface area contributed by atoms with Crippen LogP contribution in [0.3, 0.4) is 0 Å². The van der Waals surface area contributed by atoms with Crippen molar-refractivity contribution < 1.29 is 24.1 Å². The topological polar surface area (TPSA) is 68.2 Å². The molecule has 3 rings (SSSR count). The van der Waals surface area contributed by atoms with E-state index in [1.807, 2.05) is 24.3 Å². The Morgan fingerprint density at radius 1 is 1.19 bits per heavy atom. The number of nitrogens with zero attached hydrogens (tertiary/aromatic N) is 1. The Hall–Kier alpha value is -2.44. The van der Waals surface area contributed by atoms with Crippen LogP contribution in [0.4, 0.5) is 0 Å². The number of amides is 1. The van der Waals surface area contributed by atoms with Gasteiger partial charge in [0.25, 0.3) is 0 Å². The van der Waals surface area contributed by atoms with Crippen molar-refractivity contribution in [3.63, 3.8) is 0 Å². The van der Waals surface area contributed by atoms with Gasteiger partial charge in [0, 0.05) is 12.1 Å². The van der Waals surface area contributed by atoms with Gasteiger partial charge in [0.2, 0.25) is 5.91 Å². The lowest BCUT2D eigenvalue weighted by atomic mass is 10.0. The first-order chi connectivity index (χ1) is 12.6. The predicted molar refractivity (Wildman–Crippen MR) is 98.0 cm³/mol. The Kier molecular flexibility index (Phi) is 5.54. The molecule has 2 aromatic carbocycles. The Balaban J connectivity index is 2.05. The number of carbonyl (C=O) groups is 1. The molecule has 0 unspecified atom stereocenters. The zero-order chi connectivity index (χ0) is 18.7. The van der Waals surface area contributed by atoms with E-state index in [9.17, 15) is 4.79 Å². The number of rotatable bonds is 4. The molecule has 26 heavy (non-hydrogen) atoms. The van der Waals surface area contributed by atoms with E-state index in [1.165, 1.54) is 0 Å². The van der Waals surface area contributed by atoms with Crippen molar-refractivity contribution in [2.45, 2.75) is 6.54 Å². The first-order valence-electron chi connectivity index (χ1n) is 8.13. The van der Waals surface area contributed by atoms with Gasteiger partial charge in [0.1, 0.15) is 19.0 Å². The van der Waals surface area contributed by atoms with Gasteiger partial charge in [-0.15, -0.1) is 0 Å². The molecule has 0 spiro atoms. The highest BCUT2D eigenvalue weighted by molar-refractivity contribution is 6.32. The Morgan fingerprint density at radius 3 is 2.62 bits per heavy atom. The van der Waals surface area contributed by atoms with Crippen LogP contribution in [0.2, 0.25) is 5.02 Å². The maximum atomic E-state index is 11.9. The number of benzene rings is 2. The number of ether oxygens (including phenoxy) is 3. The Morgan fingerprint density at radius 2 is 1.96 bits per heavy atom. The van der Waals surface area contributed by atoms with Crippen LogP contribution in [-0.2, 0) is 11.3 Å². The zero-order valence-electron chi connectivity index (χ0n) is 14.6. The van der Waals surface area contributed by atoms with E-state index in [-0.39, 0.29) is 5.91 Å². The Labute approximate surface area is 156 Å². The maximum Gasteiger partial charge on any atom is 0.248 e. The second-order valence-corrected chi connectivity index (χ2v) is 6.25. The van der Waals surface area contributed by atoms with Crippen LogP contribution < -0.4 is 14.2 Å². The van der Waals surface area contributed by atoms with Gasteiger partial charge in [0.05, 0.1) is 25.8 Å². The van der Waals surface area contributed by atoms with Gasteiger partial charge >= 0.3 is 0 Å². The minimum atomic E-state index is -0.528. The van der Waals surface area contributed by atoms with E-state index < -0.39 is 6.61 Å².